The number of methoxy groups -OCH3 is 2. The van der Waals surface area contributed by atoms with Crippen molar-refractivity contribution >= 4 is 5.97 Å². The van der Waals surface area contributed by atoms with Crippen LogP contribution in [0.15, 0.2) is 54.1 Å². The molecule has 5 nitrogen and oxygen atoms in total. The number of carbonyl (C=O) groups is 1. The standard InChI is InChI=1S/C25H29FO5/c1-5-16(2)25(27)31-15-21-19(12-17-6-11-22(28-3)23(13-17)29-4)14-30-24(21)18-7-9-20(26)10-8-18/h5-11,13,19,21,24H,12,14-15H2,1-4H3/b16-5-/t19-,21-,24+/m0/s1. The maximum Gasteiger partial charge on any atom is 0.333 e. The smallest absolute Gasteiger partial charge is 0.333 e. The van der Waals surface area contributed by atoms with Crippen LogP contribution in [0.1, 0.15) is 31.1 Å². The van der Waals surface area contributed by atoms with Crippen LogP contribution in [-0.4, -0.2) is 33.4 Å². The highest BCUT2D eigenvalue weighted by atomic mass is 19.1. The molecular weight excluding hydrogens is 399 g/mol. The van der Waals surface area contributed by atoms with Crippen molar-refractivity contribution in [1.29, 1.82) is 0 Å². The molecule has 0 bridgehead atoms. The molecule has 3 rings (SSSR count). The summed E-state index contributed by atoms with van der Waals surface area (Å²) >= 11 is 0. The van der Waals surface area contributed by atoms with Gasteiger partial charge in [0.1, 0.15) is 5.82 Å². The average Bonchev–Trinajstić information content (AvgIpc) is 3.19. The number of allylic oxidation sites excluding steroid dienone is 1. The first-order chi connectivity index (χ1) is 15.0. The van der Waals surface area contributed by atoms with Crippen molar-refractivity contribution in [2.24, 2.45) is 11.8 Å². The Morgan fingerprint density at radius 3 is 2.48 bits per heavy atom. The molecule has 3 atom stereocenters. The van der Waals surface area contributed by atoms with Crippen molar-refractivity contribution in [3.63, 3.8) is 0 Å². The SMILES string of the molecule is C/C=C(/C)C(=O)OC[C@H]1[C@@H](Cc2ccc(OC)c(OC)c2)CO[C@@H]1c1ccc(F)cc1. The fourth-order valence-corrected chi connectivity index (χ4v) is 3.87. The van der Waals surface area contributed by atoms with Crippen LogP contribution >= 0.6 is 0 Å². The molecule has 0 aliphatic carbocycles. The first-order valence-electron chi connectivity index (χ1n) is 10.3. The first-order valence-corrected chi connectivity index (χ1v) is 10.3. The summed E-state index contributed by atoms with van der Waals surface area (Å²) in [6.45, 7) is 4.27. The third-order valence-corrected chi connectivity index (χ3v) is 5.79. The average molecular weight is 429 g/mol. The predicted octanol–water partition coefficient (Wildman–Crippen LogP) is 4.90. The summed E-state index contributed by atoms with van der Waals surface area (Å²) in [4.78, 5) is 12.2. The number of carbonyl (C=O) groups excluding carboxylic acids is 1. The maximum absolute atomic E-state index is 13.4. The van der Waals surface area contributed by atoms with E-state index in [9.17, 15) is 9.18 Å². The summed E-state index contributed by atoms with van der Waals surface area (Å²) in [6, 6.07) is 12.1. The van der Waals surface area contributed by atoms with Crippen molar-refractivity contribution in [2.75, 3.05) is 27.4 Å². The Balaban J connectivity index is 1.81. The molecule has 1 aliphatic heterocycles. The van der Waals surface area contributed by atoms with Crippen LogP contribution in [0, 0.1) is 17.7 Å². The molecule has 1 fully saturated rings. The zero-order valence-electron chi connectivity index (χ0n) is 18.4. The Labute approximate surface area is 182 Å². The number of esters is 1. The van der Waals surface area contributed by atoms with Gasteiger partial charge < -0.3 is 18.9 Å². The van der Waals surface area contributed by atoms with E-state index in [0.717, 1.165) is 17.5 Å². The van der Waals surface area contributed by atoms with Gasteiger partial charge in [0.15, 0.2) is 11.5 Å². The number of rotatable bonds is 8. The zero-order chi connectivity index (χ0) is 22.4. The highest BCUT2D eigenvalue weighted by Gasteiger charge is 2.39. The molecule has 0 amide bonds. The minimum Gasteiger partial charge on any atom is -0.493 e. The van der Waals surface area contributed by atoms with Crippen molar-refractivity contribution in [1.82, 2.24) is 0 Å². The molecule has 0 unspecified atom stereocenters. The lowest BCUT2D eigenvalue weighted by molar-refractivity contribution is -0.141. The molecule has 1 heterocycles. The van der Waals surface area contributed by atoms with E-state index in [-0.39, 0.29) is 36.3 Å². The molecular formula is C25H29FO5. The third-order valence-electron chi connectivity index (χ3n) is 5.79. The Morgan fingerprint density at radius 2 is 1.84 bits per heavy atom. The molecule has 166 valence electrons. The van der Waals surface area contributed by atoms with E-state index < -0.39 is 0 Å². The van der Waals surface area contributed by atoms with Crippen molar-refractivity contribution < 1.29 is 28.1 Å². The van der Waals surface area contributed by atoms with Gasteiger partial charge in [-0.2, -0.15) is 0 Å². The predicted molar refractivity (Wildman–Crippen MR) is 116 cm³/mol. The molecule has 0 saturated carbocycles. The van der Waals surface area contributed by atoms with Gasteiger partial charge >= 0.3 is 5.97 Å². The van der Waals surface area contributed by atoms with Crippen molar-refractivity contribution in [3.8, 4) is 11.5 Å². The van der Waals surface area contributed by atoms with Crippen LogP contribution in [0.4, 0.5) is 4.39 Å². The van der Waals surface area contributed by atoms with Gasteiger partial charge in [-0.05, 0) is 61.6 Å². The second-order valence-electron chi connectivity index (χ2n) is 7.69. The molecule has 2 aromatic rings. The third kappa shape index (κ3) is 5.44. The zero-order valence-corrected chi connectivity index (χ0v) is 18.4. The number of hydrogen-bond acceptors (Lipinski definition) is 5. The summed E-state index contributed by atoms with van der Waals surface area (Å²) in [5, 5.41) is 0. The molecule has 0 radical (unpaired) electrons. The monoisotopic (exact) mass is 428 g/mol. The lowest BCUT2D eigenvalue weighted by Gasteiger charge is -2.23. The Bertz CT molecular complexity index is 922. The van der Waals surface area contributed by atoms with Gasteiger partial charge in [0.25, 0.3) is 0 Å². The molecule has 1 saturated heterocycles. The molecule has 0 N–H and O–H groups in total. The molecule has 0 spiro atoms. The van der Waals surface area contributed by atoms with E-state index in [1.165, 1.54) is 12.1 Å². The van der Waals surface area contributed by atoms with E-state index in [2.05, 4.69) is 0 Å². The fraction of sp³-hybridized carbons (Fsp3) is 0.400. The second-order valence-corrected chi connectivity index (χ2v) is 7.69. The van der Waals surface area contributed by atoms with E-state index in [1.807, 2.05) is 18.2 Å². The maximum atomic E-state index is 13.4. The molecule has 1 aliphatic rings. The van der Waals surface area contributed by atoms with Gasteiger partial charge in [0.2, 0.25) is 0 Å². The lowest BCUT2D eigenvalue weighted by Crippen LogP contribution is -2.24. The van der Waals surface area contributed by atoms with E-state index in [1.54, 1.807) is 46.3 Å². The minimum absolute atomic E-state index is 0.0628. The summed E-state index contributed by atoms with van der Waals surface area (Å²) in [5.74, 6) is 0.762. The molecule has 6 heteroatoms. The second kappa shape index (κ2) is 10.4. The Hall–Kier alpha value is -2.86. The molecule has 31 heavy (non-hydrogen) atoms. The van der Waals surface area contributed by atoms with Crippen molar-refractivity contribution in [3.05, 3.63) is 71.1 Å². The van der Waals surface area contributed by atoms with Gasteiger partial charge in [0.05, 0.1) is 33.5 Å². The quantitative estimate of drug-likeness (QED) is 0.442. The normalized spacial score (nSPS) is 21.1. The van der Waals surface area contributed by atoms with Crippen molar-refractivity contribution in [2.45, 2.75) is 26.4 Å². The molecule has 2 aromatic carbocycles. The summed E-state index contributed by atoms with van der Waals surface area (Å²) in [7, 11) is 3.21. The van der Waals surface area contributed by atoms with Crippen LogP contribution in [0.2, 0.25) is 0 Å². The van der Waals surface area contributed by atoms with Gasteiger partial charge in [-0.3, -0.25) is 0 Å². The first kappa shape index (κ1) is 22.8. The van der Waals surface area contributed by atoms with Crippen LogP contribution < -0.4 is 9.47 Å². The Kier molecular flexibility index (Phi) is 7.69. The van der Waals surface area contributed by atoms with Gasteiger partial charge in [0, 0.05) is 11.5 Å². The van der Waals surface area contributed by atoms with Crippen LogP contribution in [-0.2, 0) is 20.7 Å². The van der Waals surface area contributed by atoms with Crippen LogP contribution in [0.5, 0.6) is 11.5 Å². The summed E-state index contributed by atoms with van der Waals surface area (Å²) in [6.07, 6.45) is 2.18. The minimum atomic E-state index is -0.336. The largest absolute Gasteiger partial charge is 0.493 e. The topological polar surface area (TPSA) is 54.0 Å². The summed E-state index contributed by atoms with van der Waals surface area (Å²) in [5.41, 5.74) is 2.51. The number of benzene rings is 2. The van der Waals surface area contributed by atoms with Crippen LogP contribution in [0.25, 0.3) is 0 Å². The van der Waals surface area contributed by atoms with Gasteiger partial charge in [-0.1, -0.05) is 24.3 Å². The van der Waals surface area contributed by atoms with Gasteiger partial charge in [-0.15, -0.1) is 0 Å². The molecule has 0 aromatic heterocycles. The lowest BCUT2D eigenvalue weighted by atomic mass is 9.84. The number of hydrogen-bond donors (Lipinski definition) is 0. The van der Waals surface area contributed by atoms with E-state index >= 15 is 0 Å². The fourth-order valence-electron chi connectivity index (χ4n) is 3.87. The highest BCUT2D eigenvalue weighted by Crippen LogP contribution is 2.41. The summed E-state index contributed by atoms with van der Waals surface area (Å²) < 4.78 is 35.9. The van der Waals surface area contributed by atoms with Crippen LogP contribution in [0.3, 0.4) is 0 Å². The number of halogens is 1. The Morgan fingerprint density at radius 1 is 1.13 bits per heavy atom. The van der Waals surface area contributed by atoms with E-state index in [0.29, 0.717) is 23.7 Å². The van der Waals surface area contributed by atoms with Gasteiger partial charge in [-0.25, -0.2) is 9.18 Å². The number of ether oxygens (including phenoxy) is 4. The van der Waals surface area contributed by atoms with E-state index in [4.69, 9.17) is 18.9 Å². The highest BCUT2D eigenvalue weighted by molar-refractivity contribution is 5.87.